The van der Waals surface area contributed by atoms with Crippen LogP contribution in [0.25, 0.3) is 10.9 Å². The molecule has 1 heterocycles. The van der Waals surface area contributed by atoms with Gasteiger partial charge in [0, 0.05) is 17.0 Å². The Morgan fingerprint density at radius 1 is 1.00 bits per heavy atom. The molecule has 0 spiro atoms. The standard InChI is InChI=1S/C26H34ClNO4Si/c1-16(2)33(17(3)4,18(5)6)32-21-12-13-23-22(14-21)25(29)24(26(30)31-7)28(23)15-19-8-10-20(27)11-9-19/h8-14,16-18,29H,15H2,1-7H3. The van der Waals surface area contributed by atoms with Gasteiger partial charge in [-0.25, -0.2) is 4.79 Å². The number of nitrogens with zero attached hydrogens (tertiary/aromatic N) is 1. The number of fused-ring (bicyclic) bond motifs is 1. The van der Waals surface area contributed by atoms with Gasteiger partial charge in [-0.2, -0.15) is 0 Å². The Morgan fingerprint density at radius 2 is 1.58 bits per heavy atom. The molecule has 0 amide bonds. The lowest BCUT2D eigenvalue weighted by Gasteiger charge is -2.42. The predicted octanol–water partition coefficient (Wildman–Crippen LogP) is 7.39. The molecule has 0 aliphatic carbocycles. The molecule has 0 radical (unpaired) electrons. The second kappa shape index (κ2) is 9.81. The zero-order chi connectivity index (χ0) is 24.5. The SMILES string of the molecule is COC(=O)c1c(O)c2cc(O[Si](C(C)C)(C(C)C)C(C)C)ccc2n1Cc1ccc(Cl)cc1. The van der Waals surface area contributed by atoms with Crippen LogP contribution in [0.3, 0.4) is 0 Å². The second-order valence-corrected chi connectivity index (χ2v) is 15.3. The first-order chi connectivity index (χ1) is 15.5. The number of rotatable bonds is 8. The fourth-order valence-corrected chi connectivity index (χ4v) is 10.5. The summed E-state index contributed by atoms with van der Waals surface area (Å²) in [5.74, 6) is 0.0400. The molecule has 5 nitrogen and oxygen atoms in total. The molecule has 178 valence electrons. The van der Waals surface area contributed by atoms with Crippen molar-refractivity contribution in [3.05, 3.63) is 58.7 Å². The van der Waals surface area contributed by atoms with Gasteiger partial charge in [-0.05, 0) is 52.5 Å². The predicted molar refractivity (Wildman–Crippen MR) is 137 cm³/mol. The van der Waals surface area contributed by atoms with Gasteiger partial charge in [0.1, 0.15) is 5.75 Å². The Hall–Kier alpha value is -2.44. The molecule has 0 unspecified atom stereocenters. The Bertz CT molecular complexity index is 1110. The van der Waals surface area contributed by atoms with Gasteiger partial charge in [-0.1, -0.05) is 65.3 Å². The fourth-order valence-electron chi connectivity index (χ4n) is 5.18. The van der Waals surface area contributed by atoms with E-state index in [2.05, 4.69) is 41.5 Å². The van der Waals surface area contributed by atoms with Crippen molar-refractivity contribution in [1.82, 2.24) is 4.57 Å². The van der Waals surface area contributed by atoms with E-state index < -0.39 is 14.3 Å². The van der Waals surface area contributed by atoms with E-state index in [1.807, 2.05) is 30.3 Å². The van der Waals surface area contributed by atoms with Crippen LogP contribution in [0, 0.1) is 0 Å². The maximum atomic E-state index is 12.6. The van der Waals surface area contributed by atoms with Gasteiger partial charge in [0.05, 0.1) is 12.6 Å². The summed E-state index contributed by atoms with van der Waals surface area (Å²) < 4.78 is 13.6. The molecule has 0 saturated carbocycles. The van der Waals surface area contributed by atoms with Gasteiger partial charge in [-0.15, -0.1) is 0 Å². The number of hydrogen-bond acceptors (Lipinski definition) is 4. The fraction of sp³-hybridized carbons (Fsp3) is 0.423. The first kappa shape index (κ1) is 25.2. The van der Waals surface area contributed by atoms with Crippen LogP contribution < -0.4 is 4.43 Å². The van der Waals surface area contributed by atoms with E-state index in [-0.39, 0.29) is 11.4 Å². The lowest BCUT2D eigenvalue weighted by atomic mass is 10.2. The largest absolute Gasteiger partial charge is 0.543 e. The highest BCUT2D eigenvalue weighted by Crippen LogP contribution is 2.44. The van der Waals surface area contributed by atoms with Crippen LogP contribution in [-0.4, -0.2) is 31.1 Å². The molecule has 0 atom stereocenters. The molecule has 0 fully saturated rings. The molecule has 1 aromatic heterocycles. The van der Waals surface area contributed by atoms with Gasteiger partial charge in [0.2, 0.25) is 0 Å². The minimum absolute atomic E-state index is 0.0952. The van der Waals surface area contributed by atoms with Crippen LogP contribution in [-0.2, 0) is 11.3 Å². The lowest BCUT2D eigenvalue weighted by molar-refractivity contribution is 0.0586. The third kappa shape index (κ3) is 4.64. The van der Waals surface area contributed by atoms with Gasteiger partial charge >= 0.3 is 5.97 Å². The molecule has 1 N–H and O–H groups in total. The van der Waals surface area contributed by atoms with Crippen LogP contribution in [0.2, 0.25) is 21.6 Å². The molecule has 3 rings (SSSR count). The molecule has 0 saturated heterocycles. The molecule has 2 aromatic carbocycles. The number of carbonyl (C=O) groups is 1. The topological polar surface area (TPSA) is 60.7 Å². The summed E-state index contributed by atoms with van der Waals surface area (Å²) in [6.45, 7) is 13.8. The third-order valence-electron chi connectivity index (χ3n) is 6.64. The first-order valence-electron chi connectivity index (χ1n) is 11.4. The van der Waals surface area contributed by atoms with Crippen molar-refractivity contribution in [2.75, 3.05) is 7.11 Å². The summed E-state index contributed by atoms with van der Waals surface area (Å²) in [6, 6.07) is 13.1. The van der Waals surface area contributed by atoms with E-state index in [0.717, 1.165) is 16.8 Å². The maximum absolute atomic E-state index is 12.6. The van der Waals surface area contributed by atoms with E-state index in [1.165, 1.54) is 7.11 Å². The average molecular weight is 488 g/mol. The van der Waals surface area contributed by atoms with E-state index in [9.17, 15) is 9.90 Å². The molecule has 0 aliphatic heterocycles. The van der Waals surface area contributed by atoms with Gasteiger partial charge in [0.15, 0.2) is 11.4 Å². The Labute approximate surface area is 202 Å². The summed E-state index contributed by atoms with van der Waals surface area (Å²) in [5, 5.41) is 12.3. The molecule has 0 bridgehead atoms. The number of aromatic hydroxyl groups is 1. The van der Waals surface area contributed by atoms with E-state index in [0.29, 0.717) is 33.6 Å². The minimum atomic E-state index is -2.17. The Kier molecular flexibility index (Phi) is 7.49. The minimum Gasteiger partial charge on any atom is -0.543 e. The van der Waals surface area contributed by atoms with Crippen molar-refractivity contribution in [2.24, 2.45) is 0 Å². The van der Waals surface area contributed by atoms with E-state index in [4.69, 9.17) is 20.8 Å². The lowest BCUT2D eigenvalue weighted by Crippen LogP contribution is -2.50. The average Bonchev–Trinajstić information content (AvgIpc) is 3.03. The van der Waals surface area contributed by atoms with Crippen LogP contribution in [0.5, 0.6) is 11.5 Å². The van der Waals surface area contributed by atoms with E-state index >= 15 is 0 Å². The number of hydrogen-bond donors (Lipinski definition) is 1. The van der Waals surface area contributed by atoms with Crippen molar-refractivity contribution < 1.29 is 19.1 Å². The molecule has 7 heteroatoms. The number of halogens is 1. The summed E-state index contributed by atoms with van der Waals surface area (Å²) in [4.78, 5) is 12.6. The number of methoxy groups -OCH3 is 1. The summed E-state index contributed by atoms with van der Waals surface area (Å²) >= 11 is 6.02. The number of benzene rings is 2. The maximum Gasteiger partial charge on any atom is 0.358 e. The molecular weight excluding hydrogens is 454 g/mol. The van der Waals surface area contributed by atoms with Crippen molar-refractivity contribution in [2.45, 2.75) is 64.7 Å². The molecule has 0 aliphatic rings. The highest BCUT2D eigenvalue weighted by molar-refractivity contribution is 6.78. The number of carbonyl (C=O) groups excluding carboxylic acids is 1. The smallest absolute Gasteiger partial charge is 0.358 e. The van der Waals surface area contributed by atoms with Crippen LogP contribution >= 0.6 is 11.6 Å². The van der Waals surface area contributed by atoms with Gasteiger partial charge in [0.25, 0.3) is 8.32 Å². The summed E-state index contributed by atoms with van der Waals surface area (Å²) in [6.07, 6.45) is 0. The quantitative estimate of drug-likeness (QED) is 0.266. The van der Waals surface area contributed by atoms with Gasteiger partial charge in [-0.3, -0.25) is 0 Å². The molecule has 33 heavy (non-hydrogen) atoms. The van der Waals surface area contributed by atoms with Crippen LogP contribution in [0.15, 0.2) is 42.5 Å². The summed E-state index contributed by atoms with van der Waals surface area (Å²) in [5.41, 5.74) is 3.07. The number of ether oxygens (including phenoxy) is 1. The van der Waals surface area contributed by atoms with Gasteiger partial charge < -0.3 is 18.8 Å². The highest BCUT2D eigenvalue weighted by atomic mass is 35.5. The van der Waals surface area contributed by atoms with Crippen molar-refractivity contribution in [3.8, 4) is 11.5 Å². The normalized spacial score (nSPS) is 12.2. The van der Waals surface area contributed by atoms with Crippen molar-refractivity contribution in [1.29, 1.82) is 0 Å². The third-order valence-corrected chi connectivity index (χ3v) is 12.9. The monoisotopic (exact) mass is 487 g/mol. The van der Waals surface area contributed by atoms with Crippen molar-refractivity contribution >= 4 is 36.8 Å². The number of aromatic nitrogens is 1. The molecular formula is C26H34ClNO4Si. The zero-order valence-electron chi connectivity index (χ0n) is 20.5. The van der Waals surface area contributed by atoms with Crippen molar-refractivity contribution in [3.63, 3.8) is 0 Å². The molecule has 3 aromatic rings. The summed E-state index contributed by atoms with van der Waals surface area (Å²) in [7, 11) is -0.854. The zero-order valence-corrected chi connectivity index (χ0v) is 22.2. The van der Waals surface area contributed by atoms with Crippen LogP contribution in [0.1, 0.15) is 57.6 Å². The second-order valence-electron chi connectivity index (χ2n) is 9.50. The van der Waals surface area contributed by atoms with E-state index in [1.54, 1.807) is 16.7 Å². The Balaban J connectivity index is 2.14. The first-order valence-corrected chi connectivity index (χ1v) is 13.9. The highest BCUT2D eigenvalue weighted by Gasteiger charge is 2.47. The number of esters is 1. The van der Waals surface area contributed by atoms with Crippen LogP contribution in [0.4, 0.5) is 0 Å². The Morgan fingerprint density at radius 3 is 2.09 bits per heavy atom.